The second kappa shape index (κ2) is 13.2. The number of piperidine rings is 1. The van der Waals surface area contributed by atoms with Crippen molar-refractivity contribution in [2.75, 3.05) is 26.2 Å². The van der Waals surface area contributed by atoms with Crippen LogP contribution in [-0.4, -0.2) is 42.9 Å². The predicted molar refractivity (Wildman–Crippen MR) is 166 cm³/mol. The van der Waals surface area contributed by atoms with Crippen molar-refractivity contribution in [3.63, 3.8) is 0 Å². The van der Waals surface area contributed by atoms with Gasteiger partial charge in [-0.25, -0.2) is 9.18 Å². The van der Waals surface area contributed by atoms with E-state index in [9.17, 15) is 9.59 Å². The summed E-state index contributed by atoms with van der Waals surface area (Å²) in [5, 5.41) is 0. The summed E-state index contributed by atoms with van der Waals surface area (Å²) in [6.07, 6.45) is 4.92. The Morgan fingerprint density at radius 3 is 2.23 bits per heavy atom. The number of Topliss-reactive ketones (excluding diaryl/α,β-unsaturated/α-hetero) is 1. The summed E-state index contributed by atoms with van der Waals surface area (Å²) in [6, 6.07) is 28.2. The lowest BCUT2D eigenvalue weighted by atomic mass is 9.79. The van der Waals surface area contributed by atoms with E-state index in [2.05, 4.69) is 4.90 Å². The van der Waals surface area contributed by atoms with Crippen LogP contribution in [0.15, 0.2) is 97.1 Å². The number of likely N-dealkylation sites (tertiary alicyclic amines) is 1. The summed E-state index contributed by atoms with van der Waals surface area (Å²) in [4.78, 5) is 29.2. The maximum Gasteiger partial charge on any atom is 0.343 e. The van der Waals surface area contributed by atoms with Crippen LogP contribution in [0.1, 0.15) is 63.1 Å². The molecule has 0 N–H and O–H groups in total. The van der Waals surface area contributed by atoms with E-state index in [1.165, 1.54) is 25.3 Å². The zero-order valence-electron chi connectivity index (χ0n) is 24.1. The minimum absolute atomic E-state index is 0.171. The molecule has 218 valence electrons. The normalized spacial score (nSPS) is 15.1. The fraction of sp³-hybridized carbons (Fsp3) is 0.243. The van der Waals surface area contributed by atoms with Gasteiger partial charge in [-0.2, -0.15) is 0 Å². The topological polar surface area (TPSA) is 55.8 Å². The largest absolute Gasteiger partial charge is 0.492 e. The molecule has 0 aromatic heterocycles. The average molecular weight is 576 g/mol. The zero-order valence-corrected chi connectivity index (χ0v) is 24.1. The molecule has 0 amide bonds. The van der Waals surface area contributed by atoms with Gasteiger partial charge in [-0.15, -0.1) is 0 Å². The third-order valence-electron chi connectivity index (χ3n) is 8.20. The van der Waals surface area contributed by atoms with Crippen molar-refractivity contribution < 1.29 is 23.5 Å². The number of carbonyl (C=O) groups excluding carboxylic acids is 2. The molecule has 0 atom stereocenters. The number of ketones is 1. The summed E-state index contributed by atoms with van der Waals surface area (Å²) in [5.74, 6) is -0.951. The van der Waals surface area contributed by atoms with E-state index >= 15 is 4.39 Å². The van der Waals surface area contributed by atoms with Crippen molar-refractivity contribution in [2.24, 2.45) is 0 Å². The van der Waals surface area contributed by atoms with Crippen LogP contribution < -0.4 is 9.47 Å². The fourth-order valence-electron chi connectivity index (χ4n) is 5.94. The molecule has 2 aliphatic rings. The van der Waals surface area contributed by atoms with Crippen LogP contribution in [0.25, 0.3) is 11.1 Å². The van der Waals surface area contributed by atoms with Gasteiger partial charge in [0.1, 0.15) is 12.4 Å². The summed E-state index contributed by atoms with van der Waals surface area (Å²) in [5.41, 5.74) is 3.98. The molecule has 0 saturated carbocycles. The Hall–Kier alpha value is -4.55. The standard InChI is InChI=1S/C37H34FNO4/c38-35-32(14-9-15-33(35)43-37(41)28-11-3-1-4-12-28)31-21-18-26-10-5-6-13-30(26)34(31)36(40)27-16-19-29(20-17-27)42-25-24-39-22-7-2-8-23-39/h1,3-6,9-17,19-20H,2,7-8,18,21-25H2. The summed E-state index contributed by atoms with van der Waals surface area (Å²) in [6.45, 7) is 3.72. The van der Waals surface area contributed by atoms with Crippen LogP contribution in [-0.2, 0) is 6.42 Å². The lowest BCUT2D eigenvalue weighted by molar-refractivity contribution is 0.0727. The SMILES string of the molecule is O=C(Oc1cccc(C2=C(C(=O)c3ccc(OCCN4CCCCC4)cc3)c3ccccc3CC2)c1F)c1ccccc1. The third-order valence-corrected chi connectivity index (χ3v) is 8.20. The molecule has 4 aromatic rings. The number of esters is 1. The van der Waals surface area contributed by atoms with Crippen LogP contribution >= 0.6 is 0 Å². The maximum absolute atomic E-state index is 16.0. The zero-order chi connectivity index (χ0) is 29.6. The lowest BCUT2D eigenvalue weighted by Crippen LogP contribution is -2.33. The van der Waals surface area contributed by atoms with Crippen LogP contribution in [0.3, 0.4) is 0 Å². The second-order valence-corrected chi connectivity index (χ2v) is 11.0. The Bertz CT molecular complexity index is 1640. The first-order chi connectivity index (χ1) is 21.1. The van der Waals surface area contributed by atoms with Crippen molar-refractivity contribution in [2.45, 2.75) is 32.1 Å². The first-order valence-corrected chi connectivity index (χ1v) is 15.0. The first-order valence-electron chi connectivity index (χ1n) is 15.0. The quantitative estimate of drug-likeness (QED) is 0.117. The number of halogens is 1. The molecule has 0 bridgehead atoms. The van der Waals surface area contributed by atoms with E-state index < -0.39 is 11.8 Å². The van der Waals surface area contributed by atoms with Crippen LogP contribution in [0, 0.1) is 5.82 Å². The second-order valence-electron chi connectivity index (χ2n) is 11.0. The number of nitrogens with zero attached hydrogens (tertiary/aromatic N) is 1. The highest BCUT2D eigenvalue weighted by atomic mass is 19.1. The van der Waals surface area contributed by atoms with E-state index in [0.29, 0.717) is 47.5 Å². The van der Waals surface area contributed by atoms with E-state index in [0.717, 1.165) is 30.8 Å². The van der Waals surface area contributed by atoms with Gasteiger partial charge in [0.15, 0.2) is 17.3 Å². The van der Waals surface area contributed by atoms with Crippen molar-refractivity contribution in [1.29, 1.82) is 0 Å². The fourth-order valence-corrected chi connectivity index (χ4v) is 5.94. The van der Waals surface area contributed by atoms with Gasteiger partial charge in [0.05, 0.1) is 5.56 Å². The minimum atomic E-state index is -0.663. The monoisotopic (exact) mass is 575 g/mol. The van der Waals surface area contributed by atoms with Crippen molar-refractivity contribution in [3.05, 3.63) is 131 Å². The molecule has 5 nitrogen and oxygen atoms in total. The van der Waals surface area contributed by atoms with Gasteiger partial charge in [-0.1, -0.05) is 61.0 Å². The van der Waals surface area contributed by atoms with Crippen molar-refractivity contribution in [1.82, 2.24) is 4.90 Å². The highest BCUT2D eigenvalue weighted by Gasteiger charge is 2.28. The van der Waals surface area contributed by atoms with E-state index in [-0.39, 0.29) is 17.1 Å². The first kappa shape index (κ1) is 28.6. The van der Waals surface area contributed by atoms with Gasteiger partial charge in [-0.3, -0.25) is 9.69 Å². The minimum Gasteiger partial charge on any atom is -0.492 e. The Kier molecular flexibility index (Phi) is 8.75. The third kappa shape index (κ3) is 6.45. The van der Waals surface area contributed by atoms with Crippen LogP contribution in [0.4, 0.5) is 4.39 Å². The van der Waals surface area contributed by atoms with E-state index in [1.54, 1.807) is 54.6 Å². The number of hydrogen-bond donors (Lipinski definition) is 0. The number of benzene rings is 4. The Balaban J connectivity index is 1.28. The van der Waals surface area contributed by atoms with Crippen LogP contribution in [0.2, 0.25) is 0 Å². The Morgan fingerprint density at radius 2 is 1.44 bits per heavy atom. The number of ether oxygens (including phenoxy) is 2. The summed E-state index contributed by atoms with van der Waals surface area (Å²) in [7, 11) is 0. The molecule has 0 spiro atoms. The Morgan fingerprint density at radius 1 is 0.721 bits per heavy atom. The summed E-state index contributed by atoms with van der Waals surface area (Å²) >= 11 is 0. The van der Waals surface area contributed by atoms with Gasteiger partial charge in [-0.05, 0) is 97.9 Å². The maximum atomic E-state index is 16.0. The molecular formula is C37H34FNO4. The van der Waals surface area contributed by atoms with Gasteiger partial charge < -0.3 is 9.47 Å². The van der Waals surface area contributed by atoms with Crippen molar-refractivity contribution >= 4 is 22.9 Å². The van der Waals surface area contributed by atoms with Gasteiger partial charge in [0, 0.05) is 23.2 Å². The molecule has 1 aliphatic heterocycles. The molecule has 1 fully saturated rings. The van der Waals surface area contributed by atoms with Gasteiger partial charge in [0.25, 0.3) is 0 Å². The molecule has 6 rings (SSSR count). The summed E-state index contributed by atoms with van der Waals surface area (Å²) < 4.78 is 27.4. The number of aryl methyl sites for hydroxylation is 1. The highest BCUT2D eigenvalue weighted by molar-refractivity contribution is 6.35. The Labute approximate surface area is 251 Å². The number of fused-ring (bicyclic) bond motifs is 1. The predicted octanol–water partition coefficient (Wildman–Crippen LogP) is 7.65. The molecule has 43 heavy (non-hydrogen) atoms. The number of hydrogen-bond acceptors (Lipinski definition) is 5. The molecule has 0 unspecified atom stereocenters. The smallest absolute Gasteiger partial charge is 0.343 e. The molecule has 0 radical (unpaired) electrons. The molecule has 1 aliphatic carbocycles. The van der Waals surface area contributed by atoms with Crippen molar-refractivity contribution in [3.8, 4) is 11.5 Å². The lowest BCUT2D eigenvalue weighted by Gasteiger charge is -2.26. The molecule has 1 heterocycles. The van der Waals surface area contributed by atoms with Crippen LogP contribution in [0.5, 0.6) is 11.5 Å². The van der Waals surface area contributed by atoms with E-state index in [1.807, 2.05) is 36.4 Å². The van der Waals surface area contributed by atoms with Gasteiger partial charge >= 0.3 is 5.97 Å². The molecule has 1 saturated heterocycles. The molecule has 6 heteroatoms. The van der Waals surface area contributed by atoms with Gasteiger partial charge in [0.2, 0.25) is 0 Å². The number of rotatable bonds is 9. The number of carbonyl (C=O) groups is 2. The highest BCUT2D eigenvalue weighted by Crippen LogP contribution is 2.41. The average Bonchev–Trinajstić information content (AvgIpc) is 3.06. The van der Waals surface area contributed by atoms with E-state index in [4.69, 9.17) is 9.47 Å². The molecular weight excluding hydrogens is 541 g/mol. The number of allylic oxidation sites excluding steroid dienone is 2. The molecule has 4 aromatic carbocycles.